The van der Waals surface area contributed by atoms with Gasteiger partial charge in [0.05, 0.1) is 0 Å². The summed E-state index contributed by atoms with van der Waals surface area (Å²) in [7, 11) is 0. The van der Waals surface area contributed by atoms with Crippen molar-refractivity contribution in [2.45, 2.75) is 32.6 Å². The standard InChI is InChI=1S/C21H25N5O3/c1-2-6-18-23-21(25-29-18)26-11-9-15(10-12-26)13-22-20(27)17-14-28-24-19(17)16-7-4-3-5-8-16/h3-5,7-8,14-15H,2,6,9-13H2,1H3,(H,22,27). The van der Waals surface area contributed by atoms with Crippen LogP contribution < -0.4 is 10.2 Å². The highest BCUT2D eigenvalue weighted by atomic mass is 16.5. The molecule has 1 amide bonds. The van der Waals surface area contributed by atoms with Gasteiger partial charge in [0.15, 0.2) is 0 Å². The molecule has 3 heterocycles. The topological polar surface area (TPSA) is 97.3 Å². The van der Waals surface area contributed by atoms with E-state index in [1.54, 1.807) is 0 Å². The number of nitrogens with one attached hydrogen (secondary N) is 1. The van der Waals surface area contributed by atoms with Crippen molar-refractivity contribution < 1.29 is 13.8 Å². The number of carbonyl (C=O) groups excluding carboxylic acids is 1. The van der Waals surface area contributed by atoms with Crippen LogP contribution in [0.2, 0.25) is 0 Å². The fourth-order valence-corrected chi connectivity index (χ4v) is 3.56. The molecule has 1 aliphatic heterocycles. The maximum Gasteiger partial charge on any atom is 0.266 e. The molecule has 0 spiro atoms. The summed E-state index contributed by atoms with van der Waals surface area (Å²) < 4.78 is 10.3. The molecule has 0 bridgehead atoms. The van der Waals surface area contributed by atoms with Gasteiger partial charge >= 0.3 is 0 Å². The average Bonchev–Trinajstić information content (AvgIpc) is 3.43. The number of carbonyl (C=O) groups is 1. The molecule has 1 aliphatic rings. The Balaban J connectivity index is 1.29. The van der Waals surface area contributed by atoms with Crippen molar-refractivity contribution in [1.29, 1.82) is 0 Å². The van der Waals surface area contributed by atoms with E-state index in [2.05, 4.69) is 32.4 Å². The summed E-state index contributed by atoms with van der Waals surface area (Å²) in [6.45, 7) is 4.42. The number of anilines is 1. The highest BCUT2D eigenvalue weighted by Crippen LogP contribution is 2.23. The van der Waals surface area contributed by atoms with Crippen LogP contribution in [-0.4, -0.2) is 40.8 Å². The first kappa shape index (κ1) is 19.2. The second-order valence-electron chi connectivity index (χ2n) is 7.32. The third-order valence-electron chi connectivity index (χ3n) is 5.23. The molecule has 0 unspecified atom stereocenters. The normalized spacial score (nSPS) is 14.9. The minimum Gasteiger partial charge on any atom is -0.363 e. The number of rotatable bonds is 7. The van der Waals surface area contributed by atoms with E-state index in [0.717, 1.165) is 44.3 Å². The summed E-state index contributed by atoms with van der Waals surface area (Å²) in [6, 6.07) is 9.57. The molecule has 29 heavy (non-hydrogen) atoms. The molecule has 1 saturated heterocycles. The lowest BCUT2D eigenvalue weighted by atomic mass is 9.97. The molecule has 0 aliphatic carbocycles. The number of aromatic nitrogens is 3. The van der Waals surface area contributed by atoms with Gasteiger partial charge in [-0.1, -0.05) is 42.4 Å². The highest BCUT2D eigenvalue weighted by Gasteiger charge is 2.24. The van der Waals surface area contributed by atoms with Gasteiger partial charge in [0.2, 0.25) is 5.89 Å². The quantitative estimate of drug-likeness (QED) is 0.655. The third kappa shape index (κ3) is 4.47. The predicted molar refractivity (Wildman–Crippen MR) is 108 cm³/mol. The Labute approximate surface area is 169 Å². The maximum absolute atomic E-state index is 12.6. The van der Waals surface area contributed by atoms with Gasteiger partial charge in [-0.05, 0) is 30.3 Å². The van der Waals surface area contributed by atoms with Gasteiger partial charge < -0.3 is 19.3 Å². The van der Waals surface area contributed by atoms with Crippen molar-refractivity contribution in [3.63, 3.8) is 0 Å². The van der Waals surface area contributed by atoms with E-state index < -0.39 is 0 Å². The van der Waals surface area contributed by atoms with Gasteiger partial charge in [0.1, 0.15) is 17.5 Å². The number of hydrogen-bond acceptors (Lipinski definition) is 7. The van der Waals surface area contributed by atoms with E-state index in [1.165, 1.54) is 6.26 Å². The monoisotopic (exact) mass is 395 g/mol. The second-order valence-corrected chi connectivity index (χ2v) is 7.32. The second kappa shape index (κ2) is 8.89. The highest BCUT2D eigenvalue weighted by molar-refractivity contribution is 5.99. The van der Waals surface area contributed by atoms with Gasteiger partial charge in [-0.3, -0.25) is 4.79 Å². The lowest BCUT2D eigenvalue weighted by Gasteiger charge is -2.30. The molecule has 8 nitrogen and oxygen atoms in total. The zero-order valence-corrected chi connectivity index (χ0v) is 16.5. The van der Waals surface area contributed by atoms with E-state index in [-0.39, 0.29) is 5.91 Å². The number of amides is 1. The Hall–Kier alpha value is -3.16. The fourth-order valence-electron chi connectivity index (χ4n) is 3.56. The van der Waals surface area contributed by atoms with Crippen molar-refractivity contribution in [3.8, 4) is 11.3 Å². The van der Waals surface area contributed by atoms with Gasteiger partial charge in [-0.25, -0.2) is 0 Å². The van der Waals surface area contributed by atoms with Gasteiger partial charge in [-0.2, -0.15) is 4.98 Å². The van der Waals surface area contributed by atoms with Crippen LogP contribution in [0.5, 0.6) is 0 Å². The van der Waals surface area contributed by atoms with Crippen molar-refractivity contribution in [3.05, 3.63) is 48.0 Å². The summed E-state index contributed by atoms with van der Waals surface area (Å²) in [6.07, 6.45) is 5.13. The number of benzene rings is 1. The van der Waals surface area contributed by atoms with E-state index in [0.29, 0.717) is 35.6 Å². The van der Waals surface area contributed by atoms with Crippen molar-refractivity contribution >= 4 is 11.9 Å². The molecule has 0 saturated carbocycles. The SMILES string of the molecule is CCCc1nc(N2CCC(CNC(=O)c3conc3-c3ccccc3)CC2)no1. The minimum absolute atomic E-state index is 0.157. The first-order valence-corrected chi connectivity index (χ1v) is 10.1. The molecule has 152 valence electrons. The van der Waals surface area contributed by atoms with Gasteiger partial charge in [-0.15, -0.1) is 0 Å². The lowest BCUT2D eigenvalue weighted by Crippen LogP contribution is -2.39. The summed E-state index contributed by atoms with van der Waals surface area (Å²) >= 11 is 0. The molecule has 1 aromatic carbocycles. The van der Waals surface area contributed by atoms with Gasteiger partial charge in [0, 0.05) is 31.6 Å². The zero-order chi connectivity index (χ0) is 20.1. The van der Waals surface area contributed by atoms with Crippen LogP contribution in [0.4, 0.5) is 5.95 Å². The Kier molecular flexibility index (Phi) is 5.88. The Morgan fingerprint density at radius 3 is 2.76 bits per heavy atom. The Bertz CT molecular complexity index is 929. The molecule has 0 radical (unpaired) electrons. The molecular formula is C21H25N5O3. The maximum atomic E-state index is 12.6. The zero-order valence-electron chi connectivity index (χ0n) is 16.5. The van der Waals surface area contributed by atoms with Crippen LogP contribution in [-0.2, 0) is 6.42 Å². The molecular weight excluding hydrogens is 370 g/mol. The van der Waals surface area contributed by atoms with E-state index in [1.807, 2.05) is 30.3 Å². The van der Waals surface area contributed by atoms with Crippen LogP contribution in [0.3, 0.4) is 0 Å². The summed E-state index contributed by atoms with van der Waals surface area (Å²) in [5, 5.41) is 11.1. The van der Waals surface area contributed by atoms with Gasteiger partial charge in [0.25, 0.3) is 11.9 Å². The third-order valence-corrected chi connectivity index (χ3v) is 5.23. The largest absolute Gasteiger partial charge is 0.363 e. The lowest BCUT2D eigenvalue weighted by molar-refractivity contribution is 0.0945. The van der Waals surface area contributed by atoms with E-state index >= 15 is 0 Å². The predicted octanol–water partition coefficient (Wildman–Crippen LogP) is 3.32. The smallest absolute Gasteiger partial charge is 0.266 e. The number of hydrogen-bond donors (Lipinski definition) is 1. The van der Waals surface area contributed by atoms with E-state index in [9.17, 15) is 4.79 Å². The van der Waals surface area contributed by atoms with Crippen LogP contribution in [0, 0.1) is 5.92 Å². The molecule has 1 N–H and O–H groups in total. The summed E-state index contributed by atoms with van der Waals surface area (Å²) in [5.41, 5.74) is 1.89. The van der Waals surface area contributed by atoms with E-state index in [4.69, 9.17) is 9.05 Å². The fraction of sp³-hybridized carbons (Fsp3) is 0.429. The van der Waals surface area contributed by atoms with Crippen molar-refractivity contribution in [2.75, 3.05) is 24.5 Å². The number of aryl methyl sites for hydroxylation is 1. The first-order chi connectivity index (χ1) is 14.2. The van der Waals surface area contributed by atoms with Crippen LogP contribution in [0.1, 0.15) is 42.4 Å². The van der Waals surface area contributed by atoms with Crippen LogP contribution in [0.15, 0.2) is 45.6 Å². The minimum atomic E-state index is -0.157. The Morgan fingerprint density at radius 1 is 1.21 bits per heavy atom. The molecule has 8 heteroatoms. The van der Waals surface area contributed by atoms with Crippen LogP contribution in [0.25, 0.3) is 11.3 Å². The molecule has 1 fully saturated rings. The summed E-state index contributed by atoms with van der Waals surface area (Å²) in [5.74, 6) is 1.62. The van der Waals surface area contributed by atoms with Crippen molar-refractivity contribution in [1.82, 2.24) is 20.6 Å². The van der Waals surface area contributed by atoms with Crippen molar-refractivity contribution in [2.24, 2.45) is 5.92 Å². The molecule has 4 rings (SSSR count). The average molecular weight is 395 g/mol. The number of piperidine rings is 1. The Morgan fingerprint density at radius 2 is 2.00 bits per heavy atom. The summed E-state index contributed by atoms with van der Waals surface area (Å²) in [4.78, 5) is 19.2. The molecule has 0 atom stereocenters. The molecule has 3 aromatic rings. The number of nitrogens with zero attached hydrogens (tertiary/aromatic N) is 4. The van der Waals surface area contributed by atoms with Crippen LogP contribution >= 0.6 is 0 Å². The molecule has 2 aromatic heterocycles. The first-order valence-electron chi connectivity index (χ1n) is 10.1.